The topological polar surface area (TPSA) is 109 Å². The van der Waals surface area contributed by atoms with Gasteiger partial charge in [0, 0.05) is 41.5 Å². The van der Waals surface area contributed by atoms with E-state index in [4.69, 9.17) is 15.2 Å². The second kappa shape index (κ2) is 11.3. The van der Waals surface area contributed by atoms with Gasteiger partial charge < -0.3 is 25.6 Å². The lowest BCUT2D eigenvalue weighted by Crippen LogP contribution is -2.41. The molecule has 4 aliphatic rings. The average molecular weight is 605 g/mol. The Morgan fingerprint density at radius 3 is 2.40 bits per heavy atom. The summed E-state index contributed by atoms with van der Waals surface area (Å²) < 4.78 is 89.4. The molecular weight excluding hydrogens is 570 g/mol. The highest BCUT2D eigenvalue weighted by Gasteiger charge is 2.45. The molecule has 2 aliphatic heterocycles. The summed E-state index contributed by atoms with van der Waals surface area (Å²) in [6, 6.07) is -0.554. The number of ether oxygens (including phenoxy) is 2. The Hall–Kier alpha value is -3.00. The number of nitrogens with two attached hydrogens (primary N) is 1. The Morgan fingerprint density at radius 1 is 1.14 bits per heavy atom. The first-order valence-corrected chi connectivity index (χ1v) is 13.9. The summed E-state index contributed by atoms with van der Waals surface area (Å²) in [5.74, 6) is -0.193. The maximum atomic E-state index is 13.2. The lowest BCUT2D eigenvalue weighted by Gasteiger charge is -2.34. The molecule has 0 radical (unpaired) electrons. The Labute approximate surface area is 238 Å². The number of hydrogen-bond acceptors (Lipinski definition) is 6. The zero-order valence-corrected chi connectivity index (χ0v) is 23.1. The van der Waals surface area contributed by atoms with Crippen LogP contribution < -0.4 is 31.1 Å². The summed E-state index contributed by atoms with van der Waals surface area (Å²) in [6.45, 7) is -0.650. The number of halogens is 6. The number of primary amides is 1. The van der Waals surface area contributed by atoms with Crippen molar-refractivity contribution in [2.24, 2.45) is 22.6 Å². The smallest absolute Gasteiger partial charge is 0.422 e. The van der Waals surface area contributed by atoms with Gasteiger partial charge in [0.1, 0.15) is 17.3 Å². The molecule has 4 N–H and O–H groups in total. The van der Waals surface area contributed by atoms with E-state index in [1.807, 2.05) is 0 Å². The van der Waals surface area contributed by atoms with Crippen LogP contribution in [0.1, 0.15) is 62.8 Å². The van der Waals surface area contributed by atoms with Crippen molar-refractivity contribution >= 4 is 12.1 Å². The molecule has 0 spiro atoms. The monoisotopic (exact) mass is 604 g/mol. The molecule has 1 fully saturated rings. The molecule has 1 aromatic rings. The first-order chi connectivity index (χ1) is 19.6. The van der Waals surface area contributed by atoms with Crippen LogP contribution in [-0.2, 0) is 6.54 Å². The fourth-order valence-electron chi connectivity index (χ4n) is 6.30. The van der Waals surface area contributed by atoms with Crippen molar-refractivity contribution in [2.45, 2.75) is 76.1 Å². The molecule has 0 bridgehead atoms. The fraction of sp³-hybridized carbons (Fsp3) is 0.643. The zero-order valence-electron chi connectivity index (χ0n) is 23.1. The lowest BCUT2D eigenvalue weighted by atomic mass is 9.78. The molecule has 1 aromatic carbocycles. The standard InChI is InChI=1S/C28H34F6N4O4/c1-15-9-16(10-26(6-7-26)37-25(35)40)4-5-17(15)11-38-12-19-20(24(38)39)22(41-13-27(29,30)31)18-3-2-8-36-21(18)23(19)42-14-28(32,33)34/h3-4,15,17,24,39H,2,5-14H2,1H3,(H3,35,37,40). The second-order valence-corrected chi connectivity index (χ2v) is 11.8. The number of aliphatic hydroxyl groups is 1. The van der Waals surface area contributed by atoms with Gasteiger partial charge in [0.05, 0.1) is 0 Å². The van der Waals surface area contributed by atoms with Crippen LogP contribution in [0.4, 0.5) is 31.1 Å². The minimum absolute atomic E-state index is 0.00709. The maximum absolute atomic E-state index is 13.2. The Morgan fingerprint density at radius 2 is 1.81 bits per heavy atom. The van der Waals surface area contributed by atoms with Crippen LogP contribution in [0.3, 0.4) is 0 Å². The predicted molar refractivity (Wildman–Crippen MR) is 139 cm³/mol. The SMILES string of the molecule is CC1CC(CC2(NC(N)=O)CC2)=CCC1CN1Cc2c(c(OCC(F)(F)F)c3c(c2OCC(F)(F)F)=NCCC=3)C1O. The van der Waals surface area contributed by atoms with Gasteiger partial charge in [-0.2, -0.15) is 26.3 Å². The van der Waals surface area contributed by atoms with Gasteiger partial charge in [-0.3, -0.25) is 9.89 Å². The highest BCUT2D eigenvalue weighted by Crippen LogP contribution is 2.46. The number of nitrogens with zero attached hydrogens (tertiary/aromatic N) is 2. The van der Waals surface area contributed by atoms with Gasteiger partial charge in [-0.1, -0.05) is 24.6 Å². The summed E-state index contributed by atoms with van der Waals surface area (Å²) in [7, 11) is 0. The van der Waals surface area contributed by atoms with E-state index < -0.39 is 37.8 Å². The molecule has 2 amide bonds. The van der Waals surface area contributed by atoms with Gasteiger partial charge in [0.15, 0.2) is 19.0 Å². The summed E-state index contributed by atoms with van der Waals surface area (Å²) >= 11 is 0. The molecule has 0 aromatic heterocycles. The van der Waals surface area contributed by atoms with Crippen molar-refractivity contribution in [1.29, 1.82) is 0 Å². The molecule has 2 aliphatic carbocycles. The molecule has 5 rings (SSSR count). The molecule has 42 heavy (non-hydrogen) atoms. The van der Waals surface area contributed by atoms with Crippen molar-refractivity contribution in [3.63, 3.8) is 0 Å². The van der Waals surface area contributed by atoms with Gasteiger partial charge in [-0.25, -0.2) is 4.79 Å². The second-order valence-electron chi connectivity index (χ2n) is 11.8. The number of amides is 2. The van der Waals surface area contributed by atoms with E-state index in [0.29, 0.717) is 25.8 Å². The fourth-order valence-corrected chi connectivity index (χ4v) is 6.30. The predicted octanol–water partition coefficient (Wildman–Crippen LogP) is 3.74. The van der Waals surface area contributed by atoms with Crippen molar-refractivity contribution in [3.8, 4) is 11.5 Å². The molecule has 14 heteroatoms. The first-order valence-electron chi connectivity index (χ1n) is 13.9. The molecule has 2 heterocycles. The van der Waals surface area contributed by atoms with E-state index >= 15 is 0 Å². The van der Waals surface area contributed by atoms with E-state index in [1.54, 1.807) is 11.0 Å². The number of carbonyl (C=O) groups is 1. The number of nitrogens with one attached hydrogen (secondary N) is 1. The van der Waals surface area contributed by atoms with Gasteiger partial charge in [-0.05, 0) is 50.4 Å². The van der Waals surface area contributed by atoms with Crippen LogP contribution in [-0.4, -0.2) is 60.2 Å². The summed E-state index contributed by atoms with van der Waals surface area (Å²) in [5, 5.41) is 14.3. The normalized spacial score (nSPS) is 25.0. The molecule has 3 atom stereocenters. The summed E-state index contributed by atoms with van der Waals surface area (Å²) in [5.41, 5.74) is 6.36. The van der Waals surface area contributed by atoms with E-state index in [0.717, 1.165) is 19.3 Å². The Balaban J connectivity index is 1.42. The van der Waals surface area contributed by atoms with E-state index in [2.05, 4.69) is 23.3 Å². The van der Waals surface area contributed by atoms with Crippen LogP contribution in [0.2, 0.25) is 0 Å². The van der Waals surface area contributed by atoms with Crippen LogP contribution in [0, 0.1) is 11.8 Å². The number of urea groups is 1. The molecular formula is C28H34F6N4O4. The zero-order chi connectivity index (χ0) is 30.4. The molecule has 8 nitrogen and oxygen atoms in total. The summed E-state index contributed by atoms with van der Waals surface area (Å²) in [4.78, 5) is 17.3. The van der Waals surface area contributed by atoms with Crippen LogP contribution in [0.15, 0.2) is 16.6 Å². The van der Waals surface area contributed by atoms with Crippen molar-refractivity contribution < 1.29 is 45.7 Å². The number of alkyl halides is 6. The molecule has 3 unspecified atom stereocenters. The third-order valence-electron chi connectivity index (χ3n) is 8.41. The van der Waals surface area contributed by atoms with Crippen molar-refractivity contribution in [2.75, 3.05) is 26.3 Å². The van der Waals surface area contributed by atoms with Gasteiger partial charge in [0.2, 0.25) is 0 Å². The van der Waals surface area contributed by atoms with Crippen LogP contribution >= 0.6 is 0 Å². The number of benzene rings is 1. The third kappa shape index (κ3) is 6.80. The molecule has 232 valence electrons. The molecule has 0 saturated heterocycles. The maximum Gasteiger partial charge on any atom is 0.422 e. The highest BCUT2D eigenvalue weighted by atomic mass is 19.4. The third-order valence-corrected chi connectivity index (χ3v) is 8.41. The highest BCUT2D eigenvalue weighted by molar-refractivity contribution is 5.73. The number of allylic oxidation sites excluding steroid dienone is 1. The Bertz CT molecular complexity index is 1370. The lowest BCUT2D eigenvalue weighted by molar-refractivity contribution is -0.155. The van der Waals surface area contributed by atoms with E-state index in [9.17, 15) is 36.2 Å². The van der Waals surface area contributed by atoms with E-state index in [-0.39, 0.29) is 63.7 Å². The molecule has 1 saturated carbocycles. The number of hydrogen-bond donors (Lipinski definition) is 3. The minimum atomic E-state index is -4.67. The van der Waals surface area contributed by atoms with Gasteiger partial charge in [-0.15, -0.1) is 0 Å². The van der Waals surface area contributed by atoms with Crippen molar-refractivity contribution in [3.05, 3.63) is 33.4 Å². The van der Waals surface area contributed by atoms with Crippen LogP contribution in [0.25, 0.3) is 6.08 Å². The van der Waals surface area contributed by atoms with Crippen molar-refractivity contribution in [1.82, 2.24) is 10.2 Å². The average Bonchev–Trinajstić information content (AvgIpc) is 3.55. The first kappa shape index (κ1) is 30.5. The van der Waals surface area contributed by atoms with Crippen LogP contribution in [0.5, 0.6) is 11.5 Å². The number of carbonyl (C=O) groups excluding carboxylic acids is 1. The minimum Gasteiger partial charge on any atom is -0.483 e. The number of rotatable bonds is 9. The Kier molecular flexibility index (Phi) is 8.16. The summed E-state index contributed by atoms with van der Waals surface area (Å²) in [6.07, 6.45) is -2.89. The largest absolute Gasteiger partial charge is 0.483 e. The van der Waals surface area contributed by atoms with Gasteiger partial charge in [0.25, 0.3) is 0 Å². The number of aliphatic hydroxyl groups excluding tert-OH is 1. The van der Waals surface area contributed by atoms with Gasteiger partial charge >= 0.3 is 18.4 Å². The van der Waals surface area contributed by atoms with E-state index in [1.165, 1.54) is 5.57 Å². The quantitative estimate of drug-likeness (QED) is 0.294. The number of fused-ring (bicyclic) bond motifs is 2.